The SMILES string of the molecule is CCOc1ccccc1N(C)C(=O)c1cnc(Nc2ccc(C)c(Cl)c2)c2ccccc12. The van der Waals surface area contributed by atoms with E-state index in [-0.39, 0.29) is 5.91 Å². The van der Waals surface area contributed by atoms with Gasteiger partial charge in [0, 0.05) is 29.3 Å². The van der Waals surface area contributed by atoms with Gasteiger partial charge in [0.05, 0.1) is 17.9 Å². The highest BCUT2D eigenvalue weighted by Crippen LogP contribution is 2.32. The first-order chi connectivity index (χ1) is 15.5. The van der Waals surface area contributed by atoms with Crippen LogP contribution in [0.3, 0.4) is 0 Å². The Balaban J connectivity index is 1.72. The lowest BCUT2D eigenvalue weighted by molar-refractivity contribution is 0.0993. The summed E-state index contributed by atoms with van der Waals surface area (Å²) in [5.74, 6) is 1.16. The minimum Gasteiger partial charge on any atom is -0.492 e. The van der Waals surface area contributed by atoms with Crippen molar-refractivity contribution in [1.29, 1.82) is 0 Å². The number of aryl methyl sites for hydroxylation is 1. The monoisotopic (exact) mass is 445 g/mol. The van der Waals surface area contributed by atoms with Crippen LogP contribution in [-0.4, -0.2) is 24.5 Å². The summed E-state index contributed by atoms with van der Waals surface area (Å²) in [6, 6.07) is 21.0. The number of para-hydroxylation sites is 2. The normalized spacial score (nSPS) is 10.8. The van der Waals surface area contributed by atoms with Gasteiger partial charge in [-0.05, 0) is 49.1 Å². The molecule has 5 nitrogen and oxygen atoms in total. The highest BCUT2D eigenvalue weighted by molar-refractivity contribution is 6.31. The molecule has 0 unspecified atom stereocenters. The van der Waals surface area contributed by atoms with E-state index in [1.165, 1.54) is 0 Å². The highest BCUT2D eigenvalue weighted by atomic mass is 35.5. The van der Waals surface area contributed by atoms with Gasteiger partial charge in [-0.15, -0.1) is 0 Å². The van der Waals surface area contributed by atoms with E-state index < -0.39 is 0 Å². The number of nitrogens with zero attached hydrogens (tertiary/aromatic N) is 2. The summed E-state index contributed by atoms with van der Waals surface area (Å²) in [6.45, 7) is 4.40. The smallest absolute Gasteiger partial charge is 0.260 e. The van der Waals surface area contributed by atoms with E-state index in [0.717, 1.165) is 22.0 Å². The third kappa shape index (κ3) is 4.25. The average Bonchev–Trinajstić information content (AvgIpc) is 2.81. The summed E-state index contributed by atoms with van der Waals surface area (Å²) in [7, 11) is 1.75. The van der Waals surface area contributed by atoms with Crippen molar-refractivity contribution in [3.8, 4) is 5.75 Å². The number of benzene rings is 3. The molecule has 6 heteroatoms. The quantitative estimate of drug-likeness (QED) is 0.362. The number of ether oxygens (including phenoxy) is 1. The highest BCUT2D eigenvalue weighted by Gasteiger charge is 2.20. The molecule has 0 bridgehead atoms. The average molecular weight is 446 g/mol. The zero-order valence-electron chi connectivity index (χ0n) is 18.2. The summed E-state index contributed by atoms with van der Waals surface area (Å²) in [4.78, 5) is 19.6. The molecule has 0 aliphatic heterocycles. The van der Waals surface area contributed by atoms with Gasteiger partial charge in [-0.2, -0.15) is 0 Å². The molecule has 0 atom stereocenters. The van der Waals surface area contributed by atoms with Gasteiger partial charge in [-0.25, -0.2) is 4.98 Å². The number of fused-ring (bicyclic) bond motifs is 1. The van der Waals surface area contributed by atoms with E-state index in [9.17, 15) is 4.79 Å². The van der Waals surface area contributed by atoms with Crippen molar-refractivity contribution in [1.82, 2.24) is 4.98 Å². The molecule has 0 aliphatic carbocycles. The number of hydrogen-bond donors (Lipinski definition) is 1. The van der Waals surface area contributed by atoms with Crippen LogP contribution >= 0.6 is 11.6 Å². The van der Waals surface area contributed by atoms with Crippen LogP contribution in [0.4, 0.5) is 17.2 Å². The van der Waals surface area contributed by atoms with E-state index in [0.29, 0.717) is 34.4 Å². The summed E-state index contributed by atoms with van der Waals surface area (Å²) >= 11 is 6.27. The number of aromatic nitrogens is 1. The van der Waals surface area contributed by atoms with Gasteiger partial charge in [0.1, 0.15) is 11.6 Å². The summed E-state index contributed by atoms with van der Waals surface area (Å²) < 4.78 is 5.70. The van der Waals surface area contributed by atoms with Crippen molar-refractivity contribution in [3.63, 3.8) is 0 Å². The predicted octanol–water partition coefficient (Wildman–Crippen LogP) is 6.62. The second-order valence-corrected chi connectivity index (χ2v) is 7.83. The lowest BCUT2D eigenvalue weighted by Crippen LogP contribution is -2.27. The summed E-state index contributed by atoms with van der Waals surface area (Å²) in [5.41, 5.74) is 3.06. The fraction of sp³-hybridized carbons (Fsp3) is 0.154. The van der Waals surface area contributed by atoms with Crippen LogP contribution in [0.1, 0.15) is 22.8 Å². The van der Waals surface area contributed by atoms with Gasteiger partial charge < -0.3 is 15.0 Å². The van der Waals surface area contributed by atoms with Crippen molar-refractivity contribution in [2.75, 3.05) is 23.9 Å². The molecule has 0 fully saturated rings. The van der Waals surface area contributed by atoms with Gasteiger partial charge in [-0.1, -0.05) is 54.1 Å². The topological polar surface area (TPSA) is 54.5 Å². The van der Waals surface area contributed by atoms with Crippen LogP contribution in [-0.2, 0) is 0 Å². The Morgan fingerprint density at radius 1 is 1.06 bits per heavy atom. The minimum atomic E-state index is -0.161. The fourth-order valence-corrected chi connectivity index (χ4v) is 3.75. The van der Waals surface area contributed by atoms with Crippen molar-refractivity contribution in [3.05, 3.63) is 89.1 Å². The maximum Gasteiger partial charge on any atom is 0.260 e. The molecule has 1 amide bonds. The molecule has 4 rings (SSSR count). The van der Waals surface area contributed by atoms with Gasteiger partial charge in [0.2, 0.25) is 0 Å². The van der Waals surface area contributed by atoms with Gasteiger partial charge in [0.15, 0.2) is 0 Å². The Morgan fingerprint density at radius 2 is 1.78 bits per heavy atom. The maximum absolute atomic E-state index is 13.5. The molecule has 0 radical (unpaired) electrons. The Morgan fingerprint density at radius 3 is 2.53 bits per heavy atom. The predicted molar refractivity (Wildman–Crippen MR) is 132 cm³/mol. The Bertz CT molecular complexity index is 1290. The van der Waals surface area contributed by atoms with Gasteiger partial charge >= 0.3 is 0 Å². The number of amides is 1. The van der Waals surface area contributed by atoms with Crippen LogP contribution in [0, 0.1) is 6.92 Å². The fourth-order valence-electron chi connectivity index (χ4n) is 3.57. The lowest BCUT2D eigenvalue weighted by atomic mass is 10.1. The second kappa shape index (κ2) is 9.28. The molecular formula is C26H24ClN3O2. The first-order valence-electron chi connectivity index (χ1n) is 10.4. The molecule has 4 aromatic rings. The van der Waals surface area contributed by atoms with Crippen LogP contribution in [0.25, 0.3) is 10.8 Å². The molecule has 0 aliphatic rings. The van der Waals surface area contributed by atoms with Crippen LogP contribution in [0.15, 0.2) is 72.9 Å². The molecule has 1 heterocycles. The first kappa shape index (κ1) is 21.7. The minimum absolute atomic E-state index is 0.161. The molecule has 3 aromatic carbocycles. The van der Waals surface area contributed by atoms with Gasteiger partial charge in [0.25, 0.3) is 5.91 Å². The van der Waals surface area contributed by atoms with E-state index in [4.69, 9.17) is 16.3 Å². The van der Waals surface area contributed by atoms with Crippen molar-refractivity contribution >= 4 is 45.5 Å². The molecule has 32 heavy (non-hydrogen) atoms. The maximum atomic E-state index is 13.5. The van der Waals surface area contributed by atoms with E-state index in [1.807, 2.05) is 80.6 Å². The van der Waals surface area contributed by atoms with E-state index in [2.05, 4.69) is 10.3 Å². The number of carbonyl (C=O) groups excluding carboxylic acids is 1. The molecule has 1 N–H and O–H groups in total. The zero-order valence-corrected chi connectivity index (χ0v) is 19.0. The summed E-state index contributed by atoms with van der Waals surface area (Å²) in [6.07, 6.45) is 1.61. The zero-order chi connectivity index (χ0) is 22.7. The number of nitrogens with one attached hydrogen (secondary N) is 1. The third-order valence-corrected chi connectivity index (χ3v) is 5.70. The number of halogens is 1. The third-order valence-electron chi connectivity index (χ3n) is 5.29. The number of carbonyl (C=O) groups is 1. The molecular weight excluding hydrogens is 422 g/mol. The van der Waals surface area contributed by atoms with E-state index in [1.54, 1.807) is 18.1 Å². The van der Waals surface area contributed by atoms with Crippen LogP contribution in [0.2, 0.25) is 5.02 Å². The van der Waals surface area contributed by atoms with Gasteiger partial charge in [-0.3, -0.25) is 4.79 Å². The Labute approximate surface area is 192 Å². The van der Waals surface area contributed by atoms with Crippen LogP contribution < -0.4 is 15.0 Å². The van der Waals surface area contributed by atoms with Crippen LogP contribution in [0.5, 0.6) is 5.75 Å². The largest absolute Gasteiger partial charge is 0.492 e. The Hall–Kier alpha value is -3.57. The number of pyridine rings is 1. The van der Waals surface area contributed by atoms with Crippen molar-refractivity contribution < 1.29 is 9.53 Å². The van der Waals surface area contributed by atoms with E-state index >= 15 is 0 Å². The first-order valence-corrected chi connectivity index (χ1v) is 10.8. The Kier molecular flexibility index (Phi) is 6.28. The molecule has 1 aromatic heterocycles. The molecule has 0 spiro atoms. The second-order valence-electron chi connectivity index (χ2n) is 7.42. The lowest BCUT2D eigenvalue weighted by Gasteiger charge is -2.21. The standard InChI is InChI=1S/C26H24ClN3O2/c1-4-32-24-12-8-7-11-23(24)30(3)26(31)21-16-28-25(20-10-6-5-9-19(20)21)29-18-14-13-17(2)22(27)15-18/h5-16H,4H2,1-3H3,(H,28,29). The summed E-state index contributed by atoms with van der Waals surface area (Å²) in [5, 5.41) is 5.67. The molecule has 0 saturated carbocycles. The van der Waals surface area contributed by atoms with Crippen molar-refractivity contribution in [2.24, 2.45) is 0 Å². The molecule has 162 valence electrons. The number of rotatable bonds is 6. The van der Waals surface area contributed by atoms with Crippen molar-refractivity contribution in [2.45, 2.75) is 13.8 Å². The molecule has 0 saturated heterocycles. The number of hydrogen-bond acceptors (Lipinski definition) is 4. The number of anilines is 3.